The summed E-state index contributed by atoms with van der Waals surface area (Å²) < 4.78 is 19.7. The van der Waals surface area contributed by atoms with Crippen molar-refractivity contribution in [3.05, 3.63) is 64.0 Å². The Kier molecular flexibility index (Phi) is 4.64. The zero-order chi connectivity index (χ0) is 19.7. The maximum Gasteiger partial charge on any atom is 0.263 e. The van der Waals surface area contributed by atoms with Crippen molar-refractivity contribution in [2.75, 3.05) is 11.9 Å². The summed E-state index contributed by atoms with van der Waals surface area (Å²) in [6, 6.07) is 8.55. The van der Waals surface area contributed by atoms with Crippen LogP contribution in [-0.2, 0) is 4.79 Å². The highest BCUT2D eigenvalue weighted by Gasteiger charge is 2.28. The summed E-state index contributed by atoms with van der Waals surface area (Å²) in [5.74, 6) is 0.558. The van der Waals surface area contributed by atoms with Gasteiger partial charge >= 0.3 is 0 Å². The summed E-state index contributed by atoms with van der Waals surface area (Å²) in [4.78, 5) is 31.0. The van der Waals surface area contributed by atoms with Crippen molar-refractivity contribution in [3.63, 3.8) is 0 Å². The number of aromatic amines is 1. The molecule has 8 nitrogen and oxygen atoms in total. The van der Waals surface area contributed by atoms with Gasteiger partial charge in [0.2, 0.25) is 5.95 Å². The first-order chi connectivity index (χ1) is 13.5. The summed E-state index contributed by atoms with van der Waals surface area (Å²) in [7, 11) is 0. The van der Waals surface area contributed by atoms with Crippen molar-refractivity contribution < 1.29 is 13.9 Å². The molecule has 1 fully saturated rings. The van der Waals surface area contributed by atoms with Gasteiger partial charge in [-0.2, -0.15) is 9.78 Å². The maximum absolute atomic E-state index is 12.9. The van der Waals surface area contributed by atoms with Crippen molar-refractivity contribution in [3.8, 4) is 11.7 Å². The number of aryl methyl sites for hydroxylation is 1. The summed E-state index contributed by atoms with van der Waals surface area (Å²) in [6.07, 6.45) is 2.08. The number of carbonyl (C=O) groups is 1. The predicted octanol–water partition coefficient (Wildman–Crippen LogP) is 2.30. The van der Waals surface area contributed by atoms with E-state index in [0.717, 1.165) is 18.5 Å². The molecular formula is C19H18FN5O3. The molecule has 1 amide bonds. The fourth-order valence-corrected chi connectivity index (χ4v) is 2.75. The summed E-state index contributed by atoms with van der Waals surface area (Å²) in [6.45, 7) is 1.45. The molecule has 0 spiro atoms. The molecule has 3 aromatic rings. The van der Waals surface area contributed by atoms with E-state index in [9.17, 15) is 14.0 Å². The Hall–Kier alpha value is -3.49. The minimum Gasteiger partial charge on any atom is -0.484 e. The molecule has 0 aliphatic heterocycles. The predicted molar refractivity (Wildman–Crippen MR) is 99.2 cm³/mol. The summed E-state index contributed by atoms with van der Waals surface area (Å²) in [5, 5.41) is 7.23. The highest BCUT2D eigenvalue weighted by atomic mass is 19.1. The van der Waals surface area contributed by atoms with Gasteiger partial charge in [-0.25, -0.2) is 9.37 Å². The molecule has 0 radical (unpaired) electrons. The van der Waals surface area contributed by atoms with E-state index in [1.807, 2.05) is 0 Å². The molecule has 1 aliphatic rings. The lowest BCUT2D eigenvalue weighted by Crippen LogP contribution is -2.23. The Morgan fingerprint density at radius 1 is 1.32 bits per heavy atom. The third-order valence-electron chi connectivity index (χ3n) is 4.23. The standard InChI is InChI=1S/C19H18FN5O3/c1-11-8-17(26)23-19(21-11)25-16(9-15(24-25)12-2-3-12)22-18(27)10-28-14-6-4-13(20)5-7-14/h4-9,12H,2-3,10H2,1H3,(H,22,27)(H,21,23,26). The minimum atomic E-state index is -0.414. The zero-order valence-electron chi connectivity index (χ0n) is 15.1. The third-order valence-corrected chi connectivity index (χ3v) is 4.23. The molecule has 1 aliphatic carbocycles. The largest absolute Gasteiger partial charge is 0.484 e. The first-order valence-corrected chi connectivity index (χ1v) is 8.84. The van der Waals surface area contributed by atoms with Crippen molar-refractivity contribution >= 4 is 11.7 Å². The summed E-state index contributed by atoms with van der Waals surface area (Å²) in [5.41, 5.74) is 1.07. The van der Waals surface area contributed by atoms with E-state index >= 15 is 0 Å². The maximum atomic E-state index is 12.9. The number of aromatic nitrogens is 4. The number of benzene rings is 1. The Labute approximate surface area is 159 Å². The fraction of sp³-hybridized carbons (Fsp3) is 0.263. The summed E-state index contributed by atoms with van der Waals surface area (Å²) >= 11 is 0. The number of nitrogens with one attached hydrogen (secondary N) is 2. The molecule has 144 valence electrons. The van der Waals surface area contributed by atoms with Gasteiger partial charge in [-0.3, -0.25) is 14.6 Å². The SMILES string of the molecule is Cc1cc(=O)[nH]c(-n2nc(C3CC3)cc2NC(=O)COc2ccc(F)cc2)n1. The topological polar surface area (TPSA) is 102 Å². The zero-order valence-corrected chi connectivity index (χ0v) is 15.1. The Bertz CT molecular complexity index is 1070. The average Bonchev–Trinajstić information content (AvgIpc) is 3.41. The number of ether oxygens (including phenoxy) is 1. The molecule has 0 atom stereocenters. The molecule has 9 heteroatoms. The molecule has 0 bridgehead atoms. The number of hydrogen-bond acceptors (Lipinski definition) is 5. The van der Waals surface area contributed by atoms with Crippen LogP contribution in [0.15, 0.2) is 41.2 Å². The highest BCUT2D eigenvalue weighted by Crippen LogP contribution is 2.40. The second-order valence-electron chi connectivity index (χ2n) is 6.64. The van der Waals surface area contributed by atoms with Gasteiger partial charge in [0.15, 0.2) is 6.61 Å². The van der Waals surface area contributed by atoms with Crippen LogP contribution < -0.4 is 15.6 Å². The number of nitrogens with zero attached hydrogens (tertiary/aromatic N) is 3. The second kappa shape index (κ2) is 7.26. The van der Waals surface area contributed by atoms with Crippen LogP contribution in [0.3, 0.4) is 0 Å². The van der Waals surface area contributed by atoms with Gasteiger partial charge in [0.05, 0.1) is 5.69 Å². The molecule has 2 N–H and O–H groups in total. The van der Waals surface area contributed by atoms with Gasteiger partial charge in [0, 0.05) is 23.7 Å². The molecule has 2 aromatic heterocycles. The van der Waals surface area contributed by atoms with Gasteiger partial charge in [0.1, 0.15) is 17.4 Å². The molecule has 0 saturated heterocycles. The number of anilines is 1. The van der Waals surface area contributed by atoms with Crippen LogP contribution in [0.1, 0.15) is 30.1 Å². The van der Waals surface area contributed by atoms with E-state index in [1.54, 1.807) is 13.0 Å². The normalized spacial score (nSPS) is 13.4. The number of carbonyl (C=O) groups excluding carboxylic acids is 1. The number of hydrogen-bond donors (Lipinski definition) is 2. The van der Waals surface area contributed by atoms with Crippen LogP contribution in [0, 0.1) is 12.7 Å². The van der Waals surface area contributed by atoms with Crippen LogP contribution in [0.5, 0.6) is 5.75 Å². The van der Waals surface area contributed by atoms with Gasteiger partial charge in [-0.1, -0.05) is 0 Å². The smallest absolute Gasteiger partial charge is 0.263 e. The van der Waals surface area contributed by atoms with Crippen LogP contribution in [0.2, 0.25) is 0 Å². The number of rotatable bonds is 6. The monoisotopic (exact) mass is 383 g/mol. The quantitative estimate of drug-likeness (QED) is 0.680. The van der Waals surface area contributed by atoms with Crippen LogP contribution in [-0.4, -0.2) is 32.3 Å². The van der Waals surface area contributed by atoms with E-state index in [-0.39, 0.29) is 23.9 Å². The Balaban J connectivity index is 1.53. The first kappa shape index (κ1) is 17.9. The van der Waals surface area contributed by atoms with E-state index in [0.29, 0.717) is 23.2 Å². The molecule has 2 heterocycles. The van der Waals surface area contributed by atoms with Gasteiger partial charge in [0.25, 0.3) is 11.5 Å². The van der Waals surface area contributed by atoms with E-state index < -0.39 is 5.91 Å². The van der Waals surface area contributed by atoms with Crippen molar-refractivity contribution in [1.82, 2.24) is 19.7 Å². The average molecular weight is 383 g/mol. The molecular weight excluding hydrogens is 365 g/mol. The van der Waals surface area contributed by atoms with Crippen LogP contribution in [0.25, 0.3) is 5.95 Å². The van der Waals surface area contributed by atoms with Gasteiger partial charge < -0.3 is 10.1 Å². The number of halogens is 1. The van der Waals surface area contributed by atoms with E-state index in [1.165, 1.54) is 35.0 Å². The Morgan fingerprint density at radius 3 is 2.75 bits per heavy atom. The number of amides is 1. The first-order valence-electron chi connectivity index (χ1n) is 8.84. The van der Waals surface area contributed by atoms with Crippen LogP contribution >= 0.6 is 0 Å². The van der Waals surface area contributed by atoms with E-state index in [2.05, 4.69) is 20.4 Å². The second-order valence-corrected chi connectivity index (χ2v) is 6.64. The minimum absolute atomic E-state index is 0.228. The van der Waals surface area contributed by atoms with Crippen molar-refractivity contribution in [2.24, 2.45) is 0 Å². The lowest BCUT2D eigenvalue weighted by molar-refractivity contribution is -0.118. The Morgan fingerprint density at radius 2 is 2.07 bits per heavy atom. The molecule has 28 heavy (non-hydrogen) atoms. The molecule has 1 saturated carbocycles. The molecule has 0 unspecified atom stereocenters. The van der Waals surface area contributed by atoms with Crippen molar-refractivity contribution in [2.45, 2.75) is 25.7 Å². The lowest BCUT2D eigenvalue weighted by Gasteiger charge is -2.09. The van der Waals surface area contributed by atoms with Crippen molar-refractivity contribution in [1.29, 1.82) is 0 Å². The fourth-order valence-electron chi connectivity index (χ4n) is 2.75. The lowest BCUT2D eigenvalue weighted by atomic mass is 10.3. The highest BCUT2D eigenvalue weighted by molar-refractivity contribution is 5.91. The number of H-pyrrole nitrogens is 1. The third kappa shape index (κ3) is 4.08. The molecule has 1 aromatic carbocycles. The van der Waals surface area contributed by atoms with Crippen LogP contribution in [0.4, 0.5) is 10.2 Å². The van der Waals surface area contributed by atoms with E-state index in [4.69, 9.17) is 4.74 Å². The molecule has 4 rings (SSSR count). The van der Waals surface area contributed by atoms with Gasteiger partial charge in [-0.15, -0.1) is 0 Å². The van der Waals surface area contributed by atoms with Gasteiger partial charge in [-0.05, 0) is 44.0 Å².